The van der Waals surface area contributed by atoms with Crippen LogP contribution in [0.1, 0.15) is 18.4 Å². The summed E-state index contributed by atoms with van der Waals surface area (Å²) in [6.07, 6.45) is 0.536. The number of benzene rings is 2. The van der Waals surface area contributed by atoms with Gasteiger partial charge in [-0.05, 0) is 29.8 Å². The van der Waals surface area contributed by atoms with Crippen LogP contribution in [0.4, 0.5) is 0 Å². The molecular weight excluding hydrogens is 320 g/mol. The standard InChI is InChI=1S/C20H24O5/c1-22-16-7-9-17(10-8-16)24-20-12-18(11-19(13-21)25-20)23-14-15-5-3-2-4-6-15/h2-10,18-21H,11-14H2,1H3. The van der Waals surface area contributed by atoms with Crippen LogP contribution in [0.25, 0.3) is 0 Å². The van der Waals surface area contributed by atoms with Gasteiger partial charge in [-0.1, -0.05) is 30.3 Å². The van der Waals surface area contributed by atoms with Crippen LogP contribution in [-0.4, -0.2) is 37.3 Å². The molecule has 134 valence electrons. The molecule has 3 unspecified atom stereocenters. The van der Waals surface area contributed by atoms with Crippen molar-refractivity contribution in [2.24, 2.45) is 0 Å². The average molecular weight is 344 g/mol. The third-order valence-electron chi connectivity index (χ3n) is 4.18. The highest BCUT2D eigenvalue weighted by Gasteiger charge is 2.31. The minimum Gasteiger partial charge on any atom is -0.497 e. The summed E-state index contributed by atoms with van der Waals surface area (Å²) in [4.78, 5) is 0. The topological polar surface area (TPSA) is 57.2 Å². The monoisotopic (exact) mass is 344 g/mol. The van der Waals surface area contributed by atoms with Crippen LogP contribution < -0.4 is 9.47 Å². The van der Waals surface area contributed by atoms with E-state index in [0.29, 0.717) is 25.2 Å². The minimum absolute atomic E-state index is 0.0191. The van der Waals surface area contributed by atoms with Gasteiger partial charge < -0.3 is 24.1 Å². The van der Waals surface area contributed by atoms with E-state index in [1.807, 2.05) is 54.6 Å². The summed E-state index contributed by atoms with van der Waals surface area (Å²) in [5.41, 5.74) is 1.13. The molecule has 0 aromatic heterocycles. The second kappa shape index (κ2) is 8.85. The molecule has 1 saturated heterocycles. The smallest absolute Gasteiger partial charge is 0.202 e. The number of aliphatic hydroxyl groups is 1. The van der Waals surface area contributed by atoms with Crippen molar-refractivity contribution < 1.29 is 24.1 Å². The lowest BCUT2D eigenvalue weighted by molar-refractivity contribution is -0.195. The highest BCUT2D eigenvalue weighted by molar-refractivity contribution is 5.31. The van der Waals surface area contributed by atoms with E-state index in [9.17, 15) is 5.11 Å². The highest BCUT2D eigenvalue weighted by Crippen LogP contribution is 2.26. The summed E-state index contributed by atoms with van der Waals surface area (Å²) in [6, 6.07) is 17.4. The van der Waals surface area contributed by atoms with Crippen molar-refractivity contribution in [3.63, 3.8) is 0 Å². The summed E-state index contributed by atoms with van der Waals surface area (Å²) in [6.45, 7) is 0.493. The Bertz CT molecular complexity index is 628. The van der Waals surface area contributed by atoms with Crippen molar-refractivity contribution in [3.8, 4) is 11.5 Å². The third kappa shape index (κ3) is 5.19. The Kier molecular flexibility index (Phi) is 6.28. The Morgan fingerprint density at radius 3 is 2.40 bits per heavy atom. The molecule has 3 atom stereocenters. The molecule has 2 aromatic rings. The van der Waals surface area contributed by atoms with Crippen LogP contribution in [0.2, 0.25) is 0 Å². The fourth-order valence-corrected chi connectivity index (χ4v) is 2.85. The Hall–Kier alpha value is -2.08. The lowest BCUT2D eigenvalue weighted by Crippen LogP contribution is -2.41. The number of hydrogen-bond acceptors (Lipinski definition) is 5. The quantitative estimate of drug-likeness (QED) is 0.836. The maximum Gasteiger partial charge on any atom is 0.202 e. The van der Waals surface area contributed by atoms with Crippen LogP contribution in [0.15, 0.2) is 54.6 Å². The molecule has 0 aliphatic carbocycles. The molecule has 3 rings (SSSR count). The molecule has 25 heavy (non-hydrogen) atoms. The van der Waals surface area contributed by atoms with E-state index in [1.165, 1.54) is 0 Å². The van der Waals surface area contributed by atoms with E-state index in [4.69, 9.17) is 18.9 Å². The van der Waals surface area contributed by atoms with Crippen LogP contribution in [0, 0.1) is 0 Å². The van der Waals surface area contributed by atoms with Gasteiger partial charge in [-0.2, -0.15) is 0 Å². The molecule has 5 nitrogen and oxygen atoms in total. The van der Waals surface area contributed by atoms with Gasteiger partial charge in [-0.15, -0.1) is 0 Å². The van der Waals surface area contributed by atoms with Crippen molar-refractivity contribution in [2.75, 3.05) is 13.7 Å². The Morgan fingerprint density at radius 1 is 1.00 bits per heavy atom. The molecule has 1 fully saturated rings. The van der Waals surface area contributed by atoms with Gasteiger partial charge >= 0.3 is 0 Å². The molecule has 0 spiro atoms. The molecule has 1 N–H and O–H groups in total. The summed E-state index contributed by atoms with van der Waals surface area (Å²) < 4.78 is 22.9. The zero-order valence-corrected chi connectivity index (χ0v) is 14.3. The van der Waals surface area contributed by atoms with E-state index in [-0.39, 0.29) is 18.8 Å². The maximum absolute atomic E-state index is 9.49. The Balaban J connectivity index is 1.57. The van der Waals surface area contributed by atoms with E-state index in [1.54, 1.807) is 7.11 Å². The van der Waals surface area contributed by atoms with Gasteiger partial charge in [0.05, 0.1) is 32.5 Å². The molecule has 2 aromatic carbocycles. The average Bonchev–Trinajstić information content (AvgIpc) is 2.67. The van der Waals surface area contributed by atoms with Crippen molar-refractivity contribution in [2.45, 2.75) is 37.9 Å². The van der Waals surface area contributed by atoms with Crippen LogP contribution in [0.5, 0.6) is 11.5 Å². The van der Waals surface area contributed by atoms with E-state index < -0.39 is 6.29 Å². The van der Waals surface area contributed by atoms with Crippen molar-refractivity contribution >= 4 is 0 Å². The van der Waals surface area contributed by atoms with Gasteiger partial charge in [0.2, 0.25) is 6.29 Å². The van der Waals surface area contributed by atoms with Gasteiger partial charge in [-0.25, -0.2) is 0 Å². The first kappa shape index (κ1) is 17.7. The minimum atomic E-state index is -0.444. The van der Waals surface area contributed by atoms with Crippen LogP contribution >= 0.6 is 0 Å². The number of aliphatic hydroxyl groups excluding tert-OH is 1. The zero-order chi connectivity index (χ0) is 17.5. The third-order valence-corrected chi connectivity index (χ3v) is 4.18. The second-order valence-electron chi connectivity index (χ2n) is 6.05. The van der Waals surface area contributed by atoms with Gasteiger partial charge in [0.15, 0.2) is 0 Å². The van der Waals surface area contributed by atoms with E-state index in [2.05, 4.69) is 0 Å². The fraction of sp³-hybridized carbons (Fsp3) is 0.400. The SMILES string of the molecule is COc1ccc(OC2CC(OCc3ccccc3)CC(CO)O2)cc1. The summed E-state index contributed by atoms with van der Waals surface area (Å²) in [7, 11) is 1.63. The second-order valence-corrected chi connectivity index (χ2v) is 6.05. The molecule has 1 heterocycles. The highest BCUT2D eigenvalue weighted by atomic mass is 16.7. The first-order chi connectivity index (χ1) is 12.3. The van der Waals surface area contributed by atoms with E-state index >= 15 is 0 Å². The molecule has 5 heteroatoms. The van der Waals surface area contributed by atoms with Crippen molar-refractivity contribution in [1.29, 1.82) is 0 Å². The van der Waals surface area contributed by atoms with Gasteiger partial charge in [0, 0.05) is 12.8 Å². The van der Waals surface area contributed by atoms with Gasteiger partial charge in [0.1, 0.15) is 11.5 Å². The fourth-order valence-electron chi connectivity index (χ4n) is 2.85. The van der Waals surface area contributed by atoms with Crippen LogP contribution in [-0.2, 0) is 16.1 Å². The number of rotatable bonds is 7. The summed E-state index contributed by atoms with van der Waals surface area (Å²) >= 11 is 0. The lowest BCUT2D eigenvalue weighted by atomic mass is 10.1. The Morgan fingerprint density at radius 2 is 1.72 bits per heavy atom. The first-order valence-corrected chi connectivity index (χ1v) is 8.49. The molecular formula is C20H24O5. The lowest BCUT2D eigenvalue weighted by Gasteiger charge is -2.34. The maximum atomic E-state index is 9.49. The van der Waals surface area contributed by atoms with Gasteiger partial charge in [-0.3, -0.25) is 0 Å². The zero-order valence-electron chi connectivity index (χ0n) is 14.3. The predicted octanol–water partition coefficient (Wildman–Crippen LogP) is 3.16. The molecule has 0 amide bonds. The van der Waals surface area contributed by atoms with Crippen LogP contribution in [0.3, 0.4) is 0 Å². The van der Waals surface area contributed by atoms with Crippen molar-refractivity contribution in [1.82, 2.24) is 0 Å². The molecule has 0 saturated carbocycles. The largest absolute Gasteiger partial charge is 0.497 e. The van der Waals surface area contributed by atoms with E-state index in [0.717, 1.165) is 11.3 Å². The molecule has 1 aliphatic rings. The van der Waals surface area contributed by atoms with Crippen molar-refractivity contribution in [3.05, 3.63) is 60.2 Å². The molecule has 1 aliphatic heterocycles. The summed E-state index contributed by atoms with van der Waals surface area (Å²) in [5.74, 6) is 1.47. The molecule has 0 radical (unpaired) electrons. The summed E-state index contributed by atoms with van der Waals surface area (Å²) in [5, 5.41) is 9.49. The first-order valence-electron chi connectivity index (χ1n) is 8.49. The molecule has 0 bridgehead atoms. The number of hydrogen-bond donors (Lipinski definition) is 1. The normalized spacial score (nSPS) is 23.2. The Labute approximate surface area is 148 Å². The predicted molar refractivity (Wildman–Crippen MR) is 93.6 cm³/mol. The number of ether oxygens (including phenoxy) is 4. The number of methoxy groups -OCH3 is 1. The van der Waals surface area contributed by atoms with Gasteiger partial charge in [0.25, 0.3) is 0 Å².